The highest BCUT2D eigenvalue weighted by atomic mass is 32.2. The third kappa shape index (κ3) is 3.42. The van der Waals surface area contributed by atoms with Gasteiger partial charge in [-0.15, -0.1) is 0 Å². The third-order valence-electron chi connectivity index (χ3n) is 4.03. The van der Waals surface area contributed by atoms with Crippen LogP contribution in [0.4, 0.5) is 4.39 Å². The van der Waals surface area contributed by atoms with Crippen molar-refractivity contribution in [1.82, 2.24) is 9.21 Å². The van der Waals surface area contributed by atoms with Crippen LogP contribution in [0.5, 0.6) is 0 Å². The molecule has 1 unspecified atom stereocenters. The van der Waals surface area contributed by atoms with Gasteiger partial charge < -0.3 is 10.6 Å². The van der Waals surface area contributed by atoms with E-state index in [9.17, 15) is 12.8 Å². The number of benzene rings is 1. The molecule has 21 heavy (non-hydrogen) atoms. The Morgan fingerprint density at radius 2 is 2.19 bits per heavy atom. The summed E-state index contributed by atoms with van der Waals surface area (Å²) in [6.07, 6.45) is 1.81. The maximum Gasteiger partial charge on any atom is 0.243 e. The lowest BCUT2D eigenvalue weighted by atomic mass is 10.1. The second-order valence-electron chi connectivity index (χ2n) is 5.54. The van der Waals surface area contributed by atoms with Gasteiger partial charge in [-0.2, -0.15) is 4.31 Å². The van der Waals surface area contributed by atoms with Gasteiger partial charge in [-0.3, -0.25) is 0 Å². The fourth-order valence-corrected chi connectivity index (χ4v) is 4.09. The van der Waals surface area contributed by atoms with Gasteiger partial charge >= 0.3 is 0 Å². The molecular weight excluding hydrogens is 293 g/mol. The van der Waals surface area contributed by atoms with Crippen molar-refractivity contribution in [2.24, 2.45) is 5.73 Å². The Morgan fingerprint density at radius 1 is 1.48 bits per heavy atom. The van der Waals surface area contributed by atoms with E-state index in [-0.39, 0.29) is 23.0 Å². The van der Waals surface area contributed by atoms with E-state index in [1.165, 1.54) is 16.4 Å². The SMILES string of the molecule is CN1CCCC(N(C)S(=O)(=O)c2ccc(F)c(CN)c2)C1. The first-order chi connectivity index (χ1) is 9.86. The molecule has 0 aliphatic carbocycles. The summed E-state index contributed by atoms with van der Waals surface area (Å²) in [6.45, 7) is 1.67. The molecule has 1 fully saturated rings. The van der Waals surface area contributed by atoms with Gasteiger partial charge in [-0.25, -0.2) is 12.8 Å². The lowest BCUT2D eigenvalue weighted by molar-refractivity contribution is 0.187. The van der Waals surface area contributed by atoms with Gasteiger partial charge in [0.2, 0.25) is 10.0 Å². The van der Waals surface area contributed by atoms with E-state index in [0.717, 1.165) is 25.5 Å². The van der Waals surface area contributed by atoms with E-state index in [2.05, 4.69) is 4.90 Å². The van der Waals surface area contributed by atoms with Crippen LogP contribution < -0.4 is 5.73 Å². The van der Waals surface area contributed by atoms with Crippen molar-refractivity contribution in [1.29, 1.82) is 0 Å². The maximum absolute atomic E-state index is 13.5. The van der Waals surface area contributed by atoms with Crippen molar-refractivity contribution in [3.63, 3.8) is 0 Å². The molecule has 0 spiro atoms. The summed E-state index contributed by atoms with van der Waals surface area (Å²) in [5.74, 6) is -0.475. The number of nitrogens with zero attached hydrogens (tertiary/aromatic N) is 2. The molecule has 0 bridgehead atoms. The van der Waals surface area contributed by atoms with Crippen LogP contribution in [0.15, 0.2) is 23.1 Å². The van der Waals surface area contributed by atoms with Crippen molar-refractivity contribution < 1.29 is 12.8 Å². The second-order valence-corrected chi connectivity index (χ2v) is 7.53. The van der Waals surface area contributed by atoms with Gasteiger partial charge in [0.05, 0.1) is 4.90 Å². The van der Waals surface area contributed by atoms with Crippen molar-refractivity contribution in [3.05, 3.63) is 29.6 Å². The zero-order valence-electron chi connectivity index (χ0n) is 12.4. The van der Waals surface area contributed by atoms with Gasteiger partial charge in [0.25, 0.3) is 0 Å². The van der Waals surface area contributed by atoms with Crippen molar-refractivity contribution in [2.45, 2.75) is 30.3 Å². The van der Waals surface area contributed by atoms with Crippen LogP contribution in [-0.2, 0) is 16.6 Å². The minimum atomic E-state index is -3.63. The summed E-state index contributed by atoms with van der Waals surface area (Å²) < 4.78 is 40.2. The van der Waals surface area contributed by atoms with E-state index in [4.69, 9.17) is 5.73 Å². The standard InChI is InChI=1S/C14H22FN3O2S/c1-17-7-3-4-12(10-17)18(2)21(19,20)13-5-6-14(15)11(8-13)9-16/h5-6,8,12H,3-4,7,9-10,16H2,1-2H3. The highest BCUT2D eigenvalue weighted by Gasteiger charge is 2.30. The first kappa shape index (κ1) is 16.4. The van der Waals surface area contributed by atoms with E-state index >= 15 is 0 Å². The largest absolute Gasteiger partial charge is 0.326 e. The summed E-state index contributed by atoms with van der Waals surface area (Å²) in [5, 5.41) is 0. The molecule has 1 aromatic carbocycles. The Labute approximate surface area is 125 Å². The van der Waals surface area contributed by atoms with Crippen LogP contribution in [0.1, 0.15) is 18.4 Å². The molecule has 0 saturated carbocycles. The molecule has 1 aliphatic rings. The number of hydrogen-bond donors (Lipinski definition) is 1. The minimum absolute atomic E-state index is 0.0227. The number of sulfonamides is 1. The number of likely N-dealkylation sites (tertiary alicyclic amines) is 1. The van der Waals surface area contributed by atoms with Gasteiger partial charge in [-0.05, 0) is 44.6 Å². The zero-order valence-corrected chi connectivity index (χ0v) is 13.2. The number of halogens is 1. The molecule has 2 N–H and O–H groups in total. The molecule has 5 nitrogen and oxygen atoms in total. The van der Waals surface area contributed by atoms with Crippen LogP contribution >= 0.6 is 0 Å². The number of rotatable bonds is 4. The van der Waals surface area contributed by atoms with Crippen LogP contribution in [0, 0.1) is 5.82 Å². The molecule has 1 aliphatic heterocycles. The molecule has 0 radical (unpaired) electrons. The molecule has 2 rings (SSSR count). The first-order valence-corrected chi connectivity index (χ1v) is 8.45. The number of likely N-dealkylation sites (N-methyl/N-ethyl adjacent to an activating group) is 2. The monoisotopic (exact) mass is 315 g/mol. The normalized spacial score (nSPS) is 20.9. The summed E-state index contributed by atoms with van der Waals surface area (Å²) in [4.78, 5) is 2.22. The lowest BCUT2D eigenvalue weighted by Crippen LogP contribution is -2.47. The van der Waals surface area contributed by atoms with E-state index in [1.807, 2.05) is 7.05 Å². The molecule has 1 heterocycles. The summed E-state index contributed by atoms with van der Waals surface area (Å²) in [5.41, 5.74) is 5.66. The van der Waals surface area contributed by atoms with Gasteiger partial charge in [-0.1, -0.05) is 0 Å². The predicted octanol–water partition coefficient (Wildman–Crippen LogP) is 0.999. The van der Waals surface area contributed by atoms with Gasteiger partial charge in [0, 0.05) is 31.7 Å². The number of hydrogen-bond acceptors (Lipinski definition) is 4. The van der Waals surface area contributed by atoms with Crippen molar-refractivity contribution in [3.8, 4) is 0 Å². The van der Waals surface area contributed by atoms with Gasteiger partial charge in [0.15, 0.2) is 0 Å². The Morgan fingerprint density at radius 3 is 2.81 bits per heavy atom. The second kappa shape index (κ2) is 6.39. The highest BCUT2D eigenvalue weighted by molar-refractivity contribution is 7.89. The molecule has 118 valence electrons. The Balaban J connectivity index is 2.28. The van der Waals surface area contributed by atoms with Crippen LogP contribution in [0.3, 0.4) is 0 Å². The zero-order chi connectivity index (χ0) is 15.6. The van der Waals surface area contributed by atoms with E-state index in [1.54, 1.807) is 7.05 Å². The van der Waals surface area contributed by atoms with Crippen LogP contribution in [0.2, 0.25) is 0 Å². The molecule has 7 heteroatoms. The van der Waals surface area contributed by atoms with Crippen LogP contribution in [0.25, 0.3) is 0 Å². The minimum Gasteiger partial charge on any atom is -0.326 e. The quantitative estimate of drug-likeness (QED) is 0.900. The summed E-state index contributed by atoms with van der Waals surface area (Å²) in [6, 6.07) is 3.73. The Bertz CT molecular complexity index is 606. The maximum atomic E-state index is 13.5. The topological polar surface area (TPSA) is 66.6 Å². The average molecular weight is 315 g/mol. The summed E-state index contributed by atoms with van der Waals surface area (Å²) in [7, 11) is -0.0558. The fraction of sp³-hybridized carbons (Fsp3) is 0.571. The van der Waals surface area contributed by atoms with Crippen molar-refractivity contribution >= 4 is 10.0 Å². The number of piperidine rings is 1. The Hall–Kier alpha value is -1.02. The highest BCUT2D eigenvalue weighted by Crippen LogP contribution is 2.23. The Kier molecular flexibility index (Phi) is 4.98. The number of nitrogens with two attached hydrogens (primary N) is 1. The average Bonchev–Trinajstić information content (AvgIpc) is 2.46. The molecule has 0 aromatic heterocycles. The summed E-state index contributed by atoms with van der Waals surface area (Å²) >= 11 is 0. The molecule has 1 aromatic rings. The predicted molar refractivity (Wildman–Crippen MR) is 79.8 cm³/mol. The van der Waals surface area contributed by atoms with Crippen LogP contribution in [-0.4, -0.2) is 50.8 Å². The smallest absolute Gasteiger partial charge is 0.243 e. The molecule has 1 saturated heterocycles. The van der Waals surface area contributed by atoms with Crippen molar-refractivity contribution in [2.75, 3.05) is 27.2 Å². The lowest BCUT2D eigenvalue weighted by Gasteiger charge is -2.35. The van der Waals surface area contributed by atoms with E-state index in [0.29, 0.717) is 6.54 Å². The molecule has 0 amide bonds. The van der Waals surface area contributed by atoms with E-state index < -0.39 is 15.8 Å². The third-order valence-corrected chi connectivity index (χ3v) is 5.93. The van der Waals surface area contributed by atoms with Gasteiger partial charge in [0.1, 0.15) is 5.82 Å². The fourth-order valence-electron chi connectivity index (χ4n) is 2.67. The first-order valence-electron chi connectivity index (χ1n) is 7.01. The molecule has 1 atom stereocenters. The molecular formula is C14H22FN3O2S.